The molecule has 1 saturated carbocycles. The molecule has 84 valence electrons. The van der Waals surface area contributed by atoms with Gasteiger partial charge in [0.05, 0.1) is 0 Å². The van der Waals surface area contributed by atoms with Crippen molar-refractivity contribution in [1.29, 1.82) is 0 Å². The van der Waals surface area contributed by atoms with E-state index in [1.807, 2.05) is 20.8 Å². The first-order chi connectivity index (χ1) is 6.79. The molecule has 0 radical (unpaired) electrons. The molecule has 0 spiro atoms. The predicted octanol–water partition coefficient (Wildman–Crippen LogP) is 2.55. The van der Waals surface area contributed by atoms with Crippen LogP contribution in [0.2, 0.25) is 0 Å². The summed E-state index contributed by atoms with van der Waals surface area (Å²) in [6.07, 6.45) is 3.57. The van der Waals surface area contributed by atoms with Crippen LogP contribution in [0.1, 0.15) is 40.0 Å². The highest BCUT2D eigenvalue weighted by Crippen LogP contribution is 2.40. The Morgan fingerprint density at radius 3 is 1.57 bits per heavy atom. The molecule has 14 heavy (non-hydrogen) atoms. The van der Waals surface area contributed by atoms with Gasteiger partial charge in [-0.05, 0) is 33.6 Å². The SMILES string of the molecule is CCOC(OCC)(OCC)C1CCC1. The summed E-state index contributed by atoms with van der Waals surface area (Å²) >= 11 is 0. The zero-order valence-corrected chi connectivity index (χ0v) is 9.54. The summed E-state index contributed by atoms with van der Waals surface area (Å²) in [4.78, 5) is 0. The Kier molecular flexibility index (Phi) is 4.85. The Morgan fingerprint density at radius 1 is 0.929 bits per heavy atom. The van der Waals surface area contributed by atoms with Gasteiger partial charge in [0.1, 0.15) is 0 Å². The molecular formula is C11H22O3. The summed E-state index contributed by atoms with van der Waals surface area (Å²) in [6.45, 7) is 7.84. The van der Waals surface area contributed by atoms with Gasteiger partial charge in [-0.15, -0.1) is 0 Å². The molecular weight excluding hydrogens is 180 g/mol. The predicted molar refractivity (Wildman–Crippen MR) is 55.0 cm³/mol. The Morgan fingerprint density at radius 2 is 1.36 bits per heavy atom. The molecule has 0 bridgehead atoms. The average Bonchev–Trinajstić information content (AvgIpc) is 2.02. The van der Waals surface area contributed by atoms with Crippen LogP contribution in [0.4, 0.5) is 0 Å². The zero-order chi connectivity index (χ0) is 10.4. The summed E-state index contributed by atoms with van der Waals surface area (Å²) in [7, 11) is 0. The van der Waals surface area contributed by atoms with Crippen LogP contribution in [0.5, 0.6) is 0 Å². The zero-order valence-electron chi connectivity index (χ0n) is 9.54. The first-order valence-corrected chi connectivity index (χ1v) is 5.70. The molecule has 0 aromatic rings. The molecule has 0 saturated heterocycles. The van der Waals surface area contributed by atoms with Gasteiger partial charge < -0.3 is 14.2 Å². The average molecular weight is 202 g/mol. The van der Waals surface area contributed by atoms with Gasteiger partial charge in [-0.1, -0.05) is 6.42 Å². The second-order valence-corrected chi connectivity index (χ2v) is 3.53. The van der Waals surface area contributed by atoms with Crippen LogP contribution < -0.4 is 0 Å². The van der Waals surface area contributed by atoms with Crippen LogP contribution in [-0.4, -0.2) is 25.8 Å². The van der Waals surface area contributed by atoms with Crippen molar-refractivity contribution in [1.82, 2.24) is 0 Å². The van der Waals surface area contributed by atoms with Crippen molar-refractivity contribution in [2.75, 3.05) is 19.8 Å². The molecule has 0 unspecified atom stereocenters. The van der Waals surface area contributed by atoms with E-state index < -0.39 is 5.97 Å². The molecule has 0 aromatic heterocycles. The van der Waals surface area contributed by atoms with Crippen molar-refractivity contribution in [2.24, 2.45) is 5.92 Å². The standard InChI is InChI=1S/C11H22O3/c1-4-12-11(13-5-2,14-6-3)10-8-7-9-10/h10H,4-9H2,1-3H3. The minimum absolute atomic E-state index is 0.419. The maximum Gasteiger partial charge on any atom is 0.285 e. The Hall–Kier alpha value is -0.120. The number of hydrogen-bond acceptors (Lipinski definition) is 3. The largest absolute Gasteiger partial charge is 0.328 e. The van der Waals surface area contributed by atoms with Crippen molar-refractivity contribution in [3.05, 3.63) is 0 Å². The van der Waals surface area contributed by atoms with E-state index in [2.05, 4.69) is 0 Å². The number of rotatable bonds is 7. The second-order valence-electron chi connectivity index (χ2n) is 3.53. The molecule has 0 heterocycles. The van der Waals surface area contributed by atoms with Crippen molar-refractivity contribution in [2.45, 2.75) is 46.0 Å². The maximum atomic E-state index is 5.67. The van der Waals surface area contributed by atoms with E-state index in [1.165, 1.54) is 6.42 Å². The van der Waals surface area contributed by atoms with Gasteiger partial charge in [0.2, 0.25) is 0 Å². The lowest BCUT2D eigenvalue weighted by molar-refractivity contribution is -0.409. The van der Waals surface area contributed by atoms with Crippen LogP contribution in [0, 0.1) is 5.92 Å². The molecule has 3 nitrogen and oxygen atoms in total. The summed E-state index contributed by atoms with van der Waals surface area (Å²) in [6, 6.07) is 0. The van der Waals surface area contributed by atoms with Crippen LogP contribution in [0.15, 0.2) is 0 Å². The quantitative estimate of drug-likeness (QED) is 0.594. The molecule has 1 aliphatic rings. The summed E-state index contributed by atoms with van der Waals surface area (Å²) in [5.41, 5.74) is 0. The van der Waals surface area contributed by atoms with Gasteiger partial charge in [0.15, 0.2) is 0 Å². The molecule has 1 fully saturated rings. The Balaban J connectivity index is 2.60. The van der Waals surface area contributed by atoms with E-state index in [-0.39, 0.29) is 0 Å². The van der Waals surface area contributed by atoms with Gasteiger partial charge in [0, 0.05) is 25.7 Å². The van der Waals surface area contributed by atoms with Crippen LogP contribution in [-0.2, 0) is 14.2 Å². The molecule has 0 aromatic carbocycles. The monoisotopic (exact) mass is 202 g/mol. The van der Waals surface area contributed by atoms with E-state index in [0.717, 1.165) is 12.8 Å². The lowest BCUT2D eigenvalue weighted by Gasteiger charge is -2.43. The summed E-state index contributed by atoms with van der Waals surface area (Å²) in [5, 5.41) is 0. The third-order valence-electron chi connectivity index (χ3n) is 2.64. The highest BCUT2D eigenvalue weighted by atomic mass is 16.9. The fourth-order valence-electron chi connectivity index (χ4n) is 1.84. The molecule has 0 aliphatic heterocycles. The van der Waals surface area contributed by atoms with E-state index >= 15 is 0 Å². The number of ether oxygens (including phenoxy) is 3. The minimum atomic E-state index is -0.753. The fourth-order valence-corrected chi connectivity index (χ4v) is 1.84. The van der Waals surface area contributed by atoms with Crippen LogP contribution in [0.25, 0.3) is 0 Å². The lowest BCUT2D eigenvalue weighted by Crippen LogP contribution is -2.49. The Labute approximate surface area is 86.7 Å². The molecule has 1 aliphatic carbocycles. The van der Waals surface area contributed by atoms with E-state index in [4.69, 9.17) is 14.2 Å². The Bertz CT molecular complexity index is 138. The van der Waals surface area contributed by atoms with Gasteiger partial charge in [0.25, 0.3) is 5.97 Å². The lowest BCUT2D eigenvalue weighted by atomic mass is 9.83. The molecule has 3 heteroatoms. The third-order valence-corrected chi connectivity index (χ3v) is 2.64. The minimum Gasteiger partial charge on any atom is -0.328 e. The van der Waals surface area contributed by atoms with E-state index in [9.17, 15) is 0 Å². The maximum absolute atomic E-state index is 5.67. The summed E-state index contributed by atoms with van der Waals surface area (Å²) < 4.78 is 17.0. The van der Waals surface area contributed by atoms with Crippen LogP contribution in [0.3, 0.4) is 0 Å². The summed E-state index contributed by atoms with van der Waals surface area (Å²) in [5.74, 6) is -0.335. The molecule has 1 rings (SSSR count). The first-order valence-electron chi connectivity index (χ1n) is 5.70. The van der Waals surface area contributed by atoms with Crippen molar-refractivity contribution in [3.8, 4) is 0 Å². The normalized spacial score (nSPS) is 18.2. The van der Waals surface area contributed by atoms with Gasteiger partial charge >= 0.3 is 0 Å². The van der Waals surface area contributed by atoms with Crippen LogP contribution >= 0.6 is 0 Å². The molecule has 0 atom stereocenters. The topological polar surface area (TPSA) is 27.7 Å². The third kappa shape index (κ3) is 2.47. The van der Waals surface area contributed by atoms with Crippen molar-refractivity contribution < 1.29 is 14.2 Å². The van der Waals surface area contributed by atoms with Gasteiger partial charge in [-0.2, -0.15) is 0 Å². The van der Waals surface area contributed by atoms with Crippen molar-refractivity contribution >= 4 is 0 Å². The molecule has 0 amide bonds. The fraction of sp³-hybridized carbons (Fsp3) is 1.00. The highest BCUT2D eigenvalue weighted by molar-refractivity contribution is 4.79. The van der Waals surface area contributed by atoms with Crippen molar-refractivity contribution in [3.63, 3.8) is 0 Å². The van der Waals surface area contributed by atoms with Gasteiger partial charge in [-0.25, -0.2) is 0 Å². The second kappa shape index (κ2) is 5.69. The molecule has 0 N–H and O–H groups in total. The highest BCUT2D eigenvalue weighted by Gasteiger charge is 2.45. The van der Waals surface area contributed by atoms with Gasteiger partial charge in [-0.3, -0.25) is 0 Å². The number of hydrogen-bond donors (Lipinski definition) is 0. The first kappa shape index (κ1) is 12.0. The van der Waals surface area contributed by atoms with E-state index in [0.29, 0.717) is 25.7 Å². The smallest absolute Gasteiger partial charge is 0.285 e. The van der Waals surface area contributed by atoms with E-state index in [1.54, 1.807) is 0 Å².